The molecule has 0 radical (unpaired) electrons. The predicted molar refractivity (Wildman–Crippen MR) is 130 cm³/mol. The van der Waals surface area contributed by atoms with Crippen LogP contribution in [0.1, 0.15) is 55.7 Å². The van der Waals surface area contributed by atoms with E-state index < -0.39 is 17.8 Å². The lowest BCUT2D eigenvalue weighted by molar-refractivity contribution is -0.130. The number of rotatable bonds is 8. The van der Waals surface area contributed by atoms with Gasteiger partial charge < -0.3 is 4.90 Å². The number of hydrogen-bond donors (Lipinski definition) is 1. The molecule has 2 aliphatic heterocycles. The molecule has 0 aromatic heterocycles. The van der Waals surface area contributed by atoms with Gasteiger partial charge in [0.15, 0.2) is 0 Å². The number of anilines is 1. The van der Waals surface area contributed by atoms with Gasteiger partial charge in [-0.2, -0.15) is 0 Å². The van der Waals surface area contributed by atoms with E-state index in [0.717, 1.165) is 62.1 Å². The van der Waals surface area contributed by atoms with Crippen molar-refractivity contribution in [3.05, 3.63) is 70.8 Å². The molecule has 0 bridgehead atoms. The van der Waals surface area contributed by atoms with Crippen LogP contribution in [0, 0.1) is 0 Å². The average molecular weight is 446 g/mol. The topological polar surface area (TPSA) is 69.7 Å². The minimum absolute atomic E-state index is 0.0157. The lowest BCUT2D eigenvalue weighted by atomic mass is 9.97. The molecule has 2 aromatic rings. The van der Waals surface area contributed by atoms with Crippen LogP contribution >= 0.6 is 0 Å². The van der Waals surface area contributed by atoms with Gasteiger partial charge in [-0.05, 0) is 54.2 Å². The van der Waals surface area contributed by atoms with Gasteiger partial charge >= 0.3 is 6.03 Å². The molecule has 4 amide bonds. The summed E-state index contributed by atoms with van der Waals surface area (Å²) in [6.07, 6.45) is 7.45. The summed E-state index contributed by atoms with van der Waals surface area (Å²) in [7, 11) is 0. The van der Waals surface area contributed by atoms with Crippen molar-refractivity contribution in [2.24, 2.45) is 0 Å². The van der Waals surface area contributed by atoms with E-state index in [4.69, 9.17) is 0 Å². The number of amides is 4. The van der Waals surface area contributed by atoms with Crippen LogP contribution in [0.2, 0.25) is 0 Å². The van der Waals surface area contributed by atoms with E-state index in [2.05, 4.69) is 53.5 Å². The smallest absolute Gasteiger partial charge is 0.331 e. The van der Waals surface area contributed by atoms with E-state index in [9.17, 15) is 14.4 Å². The lowest BCUT2D eigenvalue weighted by Crippen LogP contribution is -2.54. The Morgan fingerprint density at radius 1 is 1.00 bits per heavy atom. The number of benzene rings is 2. The molecule has 1 fully saturated rings. The normalized spacial score (nSPS) is 17.4. The Hall–Kier alpha value is -3.41. The molecule has 0 saturated carbocycles. The number of urea groups is 1. The van der Waals surface area contributed by atoms with Gasteiger partial charge in [0.25, 0.3) is 11.8 Å². The number of fused-ring (bicyclic) bond motifs is 1. The van der Waals surface area contributed by atoms with Crippen molar-refractivity contribution in [1.29, 1.82) is 0 Å². The number of carbonyl (C=O) groups is 3. The Balaban J connectivity index is 1.52. The molecular weight excluding hydrogens is 414 g/mol. The fourth-order valence-corrected chi connectivity index (χ4v) is 4.51. The second kappa shape index (κ2) is 10.5. The predicted octanol–water partition coefficient (Wildman–Crippen LogP) is 4.68. The molecule has 0 spiro atoms. The maximum atomic E-state index is 12.9. The first kappa shape index (κ1) is 22.8. The van der Waals surface area contributed by atoms with Crippen LogP contribution in [0.15, 0.2) is 54.1 Å². The number of nitrogens with zero attached hydrogens (tertiary/aromatic N) is 2. The van der Waals surface area contributed by atoms with Crippen molar-refractivity contribution in [3.63, 3.8) is 0 Å². The van der Waals surface area contributed by atoms with Gasteiger partial charge in [-0.15, -0.1) is 0 Å². The van der Waals surface area contributed by atoms with Crippen LogP contribution in [0.25, 0.3) is 6.08 Å². The maximum Gasteiger partial charge on any atom is 0.331 e. The van der Waals surface area contributed by atoms with Gasteiger partial charge in [0.1, 0.15) is 5.57 Å². The third kappa shape index (κ3) is 5.33. The number of carbonyl (C=O) groups excluding carboxylic acids is 3. The highest BCUT2D eigenvalue weighted by molar-refractivity contribution is 6.31. The zero-order valence-electron chi connectivity index (χ0n) is 19.2. The van der Waals surface area contributed by atoms with Crippen molar-refractivity contribution >= 4 is 29.6 Å². The molecule has 33 heavy (non-hydrogen) atoms. The number of nitrogens with one attached hydrogen (secondary N) is 1. The monoisotopic (exact) mass is 445 g/mol. The number of barbiturate groups is 1. The molecule has 0 aliphatic carbocycles. The Bertz CT molecular complexity index is 1060. The minimum Gasteiger partial charge on any atom is -0.367 e. The number of imide groups is 2. The molecule has 0 atom stereocenters. The Morgan fingerprint density at radius 3 is 2.61 bits per heavy atom. The highest BCUT2D eigenvalue weighted by atomic mass is 16.2. The maximum absolute atomic E-state index is 12.9. The van der Waals surface area contributed by atoms with E-state index in [1.165, 1.54) is 16.8 Å². The first-order chi connectivity index (χ1) is 16.1. The molecule has 2 aliphatic rings. The fraction of sp³-hybridized carbons (Fsp3) is 0.370. The van der Waals surface area contributed by atoms with E-state index in [0.29, 0.717) is 6.54 Å². The van der Waals surface area contributed by atoms with Gasteiger partial charge in [-0.25, -0.2) is 4.79 Å². The summed E-state index contributed by atoms with van der Waals surface area (Å²) in [5.74, 6) is -1.14. The van der Waals surface area contributed by atoms with Crippen LogP contribution in [0.5, 0.6) is 0 Å². The summed E-state index contributed by atoms with van der Waals surface area (Å²) in [5.41, 5.74) is 4.49. The summed E-state index contributed by atoms with van der Waals surface area (Å²) in [4.78, 5) is 41.1. The Kier molecular flexibility index (Phi) is 7.23. The van der Waals surface area contributed by atoms with Crippen molar-refractivity contribution in [2.45, 2.75) is 52.0 Å². The van der Waals surface area contributed by atoms with Crippen LogP contribution < -0.4 is 10.2 Å². The quantitative estimate of drug-likeness (QED) is 0.364. The van der Waals surface area contributed by atoms with Gasteiger partial charge in [0.05, 0.1) is 0 Å². The largest absolute Gasteiger partial charge is 0.367 e. The van der Waals surface area contributed by atoms with Gasteiger partial charge in [-0.3, -0.25) is 19.8 Å². The first-order valence-electron chi connectivity index (χ1n) is 11.9. The van der Waals surface area contributed by atoms with Gasteiger partial charge in [-0.1, -0.05) is 62.6 Å². The molecular formula is C27H31N3O3. The number of aryl methyl sites for hydroxylation is 1. The van der Waals surface area contributed by atoms with Crippen molar-refractivity contribution < 1.29 is 14.4 Å². The third-order valence-corrected chi connectivity index (χ3v) is 6.27. The van der Waals surface area contributed by atoms with Crippen LogP contribution in [0.4, 0.5) is 10.5 Å². The first-order valence-corrected chi connectivity index (χ1v) is 11.9. The molecule has 6 nitrogen and oxygen atoms in total. The molecule has 1 N–H and O–H groups in total. The third-order valence-electron chi connectivity index (χ3n) is 6.27. The van der Waals surface area contributed by atoms with Crippen LogP contribution in [-0.4, -0.2) is 35.8 Å². The summed E-state index contributed by atoms with van der Waals surface area (Å²) >= 11 is 0. The zero-order chi connectivity index (χ0) is 23.2. The highest BCUT2D eigenvalue weighted by Gasteiger charge is 2.35. The standard InChI is InChI=1S/C27H31N3O3/c1-2-3-4-8-16-30-26(32)23(25(31)28-27(30)33)18-21-13-14-24-22(17-21)12-9-15-29(24)19-20-10-6-5-7-11-20/h5-7,10-11,13-14,17-18H,2-4,8-9,12,15-16,19H2,1H3,(H,28,31,33). The molecule has 2 aromatic carbocycles. The summed E-state index contributed by atoms with van der Waals surface area (Å²) < 4.78 is 0. The zero-order valence-corrected chi connectivity index (χ0v) is 19.2. The second-order valence-electron chi connectivity index (χ2n) is 8.73. The van der Waals surface area contributed by atoms with E-state index in [-0.39, 0.29) is 5.57 Å². The van der Waals surface area contributed by atoms with Crippen molar-refractivity contribution in [1.82, 2.24) is 10.2 Å². The molecule has 2 heterocycles. The van der Waals surface area contributed by atoms with Gasteiger partial charge in [0.2, 0.25) is 0 Å². The summed E-state index contributed by atoms with van der Waals surface area (Å²) in [5, 5.41) is 2.32. The van der Waals surface area contributed by atoms with Crippen molar-refractivity contribution in [3.8, 4) is 0 Å². The summed E-state index contributed by atoms with van der Waals surface area (Å²) in [6, 6.07) is 15.9. The molecule has 6 heteroatoms. The molecule has 4 rings (SSSR count). The Labute approximate surface area is 195 Å². The minimum atomic E-state index is -0.627. The van der Waals surface area contributed by atoms with E-state index in [1.807, 2.05) is 12.1 Å². The van der Waals surface area contributed by atoms with Crippen LogP contribution in [-0.2, 0) is 22.6 Å². The average Bonchev–Trinajstić information content (AvgIpc) is 2.82. The summed E-state index contributed by atoms with van der Waals surface area (Å²) in [6.45, 7) is 4.29. The van der Waals surface area contributed by atoms with Crippen LogP contribution in [0.3, 0.4) is 0 Å². The highest BCUT2D eigenvalue weighted by Crippen LogP contribution is 2.30. The lowest BCUT2D eigenvalue weighted by Gasteiger charge is -2.32. The molecule has 0 unspecified atom stereocenters. The van der Waals surface area contributed by atoms with E-state index >= 15 is 0 Å². The SMILES string of the molecule is CCCCCCN1C(=O)NC(=O)C(=Cc2ccc3c(c2)CCCN3Cc2ccccc2)C1=O. The number of unbranched alkanes of at least 4 members (excludes halogenated alkanes) is 3. The second-order valence-corrected chi connectivity index (χ2v) is 8.73. The van der Waals surface area contributed by atoms with Crippen molar-refractivity contribution in [2.75, 3.05) is 18.0 Å². The fourth-order valence-electron chi connectivity index (χ4n) is 4.51. The molecule has 1 saturated heterocycles. The van der Waals surface area contributed by atoms with Gasteiger partial charge in [0, 0.05) is 25.3 Å². The molecule has 172 valence electrons. The Morgan fingerprint density at radius 2 is 1.82 bits per heavy atom. The number of hydrogen-bond acceptors (Lipinski definition) is 4. The van der Waals surface area contributed by atoms with E-state index in [1.54, 1.807) is 6.08 Å².